The first kappa shape index (κ1) is 11.8. The van der Waals surface area contributed by atoms with E-state index in [2.05, 4.69) is 4.31 Å². The van der Waals surface area contributed by atoms with E-state index in [1.165, 1.54) is 0 Å². The predicted molar refractivity (Wildman–Crippen MR) is 59.7 cm³/mol. The van der Waals surface area contributed by atoms with E-state index in [9.17, 15) is 4.79 Å². The van der Waals surface area contributed by atoms with Gasteiger partial charge in [-0.25, -0.2) is 4.31 Å². The number of rotatable bonds is 3. The van der Waals surface area contributed by atoms with Gasteiger partial charge in [-0.15, -0.1) is 0 Å². The van der Waals surface area contributed by atoms with E-state index in [-0.39, 0.29) is 0 Å². The van der Waals surface area contributed by atoms with Crippen LogP contribution < -0.4 is 0 Å². The van der Waals surface area contributed by atoms with Crippen molar-refractivity contribution in [2.75, 3.05) is 26.3 Å². The summed E-state index contributed by atoms with van der Waals surface area (Å²) in [6.07, 6.45) is 0. The first-order chi connectivity index (χ1) is 6.66. The zero-order valence-electron chi connectivity index (χ0n) is 7.93. The van der Waals surface area contributed by atoms with E-state index in [1.807, 2.05) is 4.31 Å². The second-order valence-corrected chi connectivity index (χ2v) is 5.44. The van der Waals surface area contributed by atoms with Crippen LogP contribution in [0.1, 0.15) is 6.92 Å². The molecule has 1 aliphatic heterocycles. The van der Waals surface area contributed by atoms with Crippen molar-refractivity contribution in [1.82, 2.24) is 4.31 Å². The highest BCUT2D eigenvalue weighted by molar-refractivity contribution is 8.18. The van der Waals surface area contributed by atoms with Crippen molar-refractivity contribution in [1.29, 1.82) is 0 Å². The molecule has 0 aliphatic carbocycles. The molecule has 1 heterocycles. The molecule has 0 radical (unpaired) electrons. The van der Waals surface area contributed by atoms with E-state index >= 15 is 0 Å². The van der Waals surface area contributed by atoms with Crippen LogP contribution in [0.3, 0.4) is 0 Å². The summed E-state index contributed by atoms with van der Waals surface area (Å²) >= 11 is 4.77. The van der Waals surface area contributed by atoms with Crippen LogP contribution in [0.15, 0.2) is 0 Å². The molecule has 1 rings (SSSR count). The van der Waals surface area contributed by atoms with Gasteiger partial charge in [-0.3, -0.25) is 4.79 Å². The molecule has 0 aromatic rings. The quantitative estimate of drug-likeness (QED) is 0.734. The van der Waals surface area contributed by atoms with Crippen molar-refractivity contribution in [2.45, 2.75) is 12.2 Å². The Morgan fingerprint density at radius 3 is 2.64 bits per heavy atom. The largest absolute Gasteiger partial charge is 0.480 e. The third kappa shape index (κ3) is 2.87. The second kappa shape index (κ2) is 5.58. The Morgan fingerprint density at radius 1 is 1.64 bits per heavy atom. The van der Waals surface area contributed by atoms with Gasteiger partial charge in [0.1, 0.15) is 5.25 Å². The molecule has 4 nitrogen and oxygen atoms in total. The summed E-state index contributed by atoms with van der Waals surface area (Å²) in [5.74, 6) is -0.822. The summed E-state index contributed by atoms with van der Waals surface area (Å²) in [7, 11) is -0.574. The van der Waals surface area contributed by atoms with Crippen LogP contribution in [0, 0.1) is 0 Å². The van der Waals surface area contributed by atoms with Gasteiger partial charge in [-0.2, -0.15) is 0 Å². The summed E-state index contributed by atoms with van der Waals surface area (Å²) in [6, 6.07) is 0. The summed E-state index contributed by atoms with van der Waals surface area (Å²) < 4.78 is 9.88. The number of ether oxygens (including phenoxy) is 1. The van der Waals surface area contributed by atoms with E-state index < -0.39 is 21.9 Å². The van der Waals surface area contributed by atoms with Crippen molar-refractivity contribution in [2.24, 2.45) is 0 Å². The molecule has 0 aromatic heterocycles. The van der Waals surface area contributed by atoms with Crippen LogP contribution in [0.2, 0.25) is 0 Å². The zero-order valence-corrected chi connectivity index (χ0v) is 9.57. The molecule has 0 saturated carbocycles. The summed E-state index contributed by atoms with van der Waals surface area (Å²) in [5, 5.41) is 8.40. The van der Waals surface area contributed by atoms with E-state index in [0.717, 1.165) is 13.1 Å². The number of aliphatic carboxylic acids is 1. The maximum atomic E-state index is 10.8. The summed E-state index contributed by atoms with van der Waals surface area (Å²) in [4.78, 5) is 10.8. The molecule has 2 unspecified atom stereocenters. The molecule has 0 aromatic carbocycles. The molecule has 0 bridgehead atoms. The minimum atomic E-state index is -0.822. The van der Waals surface area contributed by atoms with Gasteiger partial charge in [0.2, 0.25) is 0 Å². The van der Waals surface area contributed by atoms with Gasteiger partial charge < -0.3 is 9.84 Å². The zero-order chi connectivity index (χ0) is 10.6. The van der Waals surface area contributed by atoms with Crippen LogP contribution in [0.5, 0.6) is 0 Å². The molecular weight excluding hydrogens is 222 g/mol. The van der Waals surface area contributed by atoms with E-state index in [0.29, 0.717) is 13.2 Å². The Morgan fingerprint density at radius 2 is 2.21 bits per heavy atom. The Hall–Kier alpha value is -0.260. The molecule has 0 amide bonds. The molecule has 1 fully saturated rings. The molecule has 1 N–H and O–H groups in total. The number of thiocarbonyl (C=S) groups is 1. The number of hydrogen-bond donors (Lipinski definition) is 1. The molecule has 80 valence electrons. The molecule has 14 heavy (non-hydrogen) atoms. The van der Waals surface area contributed by atoms with Crippen molar-refractivity contribution in [3.05, 3.63) is 0 Å². The fourth-order valence-electron chi connectivity index (χ4n) is 1.19. The maximum Gasteiger partial charge on any atom is 0.317 e. The highest BCUT2D eigenvalue weighted by Gasteiger charge is 2.23. The van der Waals surface area contributed by atoms with Gasteiger partial charge in [-0.05, 0) is 34.1 Å². The SMILES string of the molecule is CC(C(=O)O)S(=C=S)N1CCOCC1. The van der Waals surface area contributed by atoms with Gasteiger partial charge in [0.25, 0.3) is 0 Å². The van der Waals surface area contributed by atoms with Gasteiger partial charge in [0, 0.05) is 13.1 Å². The third-order valence-corrected chi connectivity index (χ3v) is 4.49. The lowest BCUT2D eigenvalue weighted by molar-refractivity contribution is -0.136. The van der Waals surface area contributed by atoms with Crippen LogP contribution >= 0.6 is 22.9 Å². The van der Waals surface area contributed by atoms with Crippen molar-refractivity contribution >= 4 is 33.2 Å². The fourth-order valence-corrected chi connectivity index (χ4v) is 3.37. The number of carboxylic acid groups (broad SMARTS) is 1. The monoisotopic (exact) mass is 235 g/mol. The standard InChI is InChI=1S/C8H13NO3S2/c1-7(8(10)11)14(6-13)9-2-4-12-5-3-9/h7H,2-5H2,1H3,(H,10,11). The van der Waals surface area contributed by atoms with E-state index in [1.54, 1.807) is 6.92 Å². The van der Waals surface area contributed by atoms with Gasteiger partial charge in [0.15, 0.2) is 0 Å². The smallest absolute Gasteiger partial charge is 0.317 e. The summed E-state index contributed by atoms with van der Waals surface area (Å²) in [6.45, 7) is 4.44. The van der Waals surface area contributed by atoms with Gasteiger partial charge in [0.05, 0.1) is 13.2 Å². The minimum absolute atomic E-state index is 0.481. The number of morpholine rings is 1. The highest BCUT2D eigenvalue weighted by Crippen LogP contribution is 2.25. The Kier molecular flexibility index (Phi) is 4.71. The van der Waals surface area contributed by atoms with Gasteiger partial charge in [-0.1, -0.05) is 0 Å². The molecule has 2 atom stereocenters. The molecule has 1 saturated heterocycles. The highest BCUT2D eigenvalue weighted by atomic mass is 32.2. The summed E-state index contributed by atoms with van der Waals surface area (Å²) in [5.41, 5.74) is 0. The maximum absolute atomic E-state index is 10.8. The number of hydrogen-bond acceptors (Lipinski definition) is 4. The molecule has 6 heteroatoms. The third-order valence-electron chi connectivity index (χ3n) is 2.02. The first-order valence-electron chi connectivity index (χ1n) is 4.33. The molecule has 0 spiro atoms. The molecular formula is C8H13NO3S2. The van der Waals surface area contributed by atoms with Crippen molar-refractivity contribution < 1.29 is 14.6 Å². The van der Waals surface area contributed by atoms with Crippen molar-refractivity contribution in [3.8, 4) is 0 Å². The first-order valence-corrected chi connectivity index (χ1v) is 5.98. The van der Waals surface area contributed by atoms with Crippen LogP contribution in [-0.2, 0) is 9.53 Å². The minimum Gasteiger partial charge on any atom is -0.480 e. The van der Waals surface area contributed by atoms with Crippen LogP contribution in [0.25, 0.3) is 0 Å². The number of nitrogens with zero attached hydrogens (tertiary/aromatic N) is 1. The normalized spacial score (nSPS) is 22.4. The van der Waals surface area contributed by atoms with Crippen molar-refractivity contribution in [3.63, 3.8) is 0 Å². The average Bonchev–Trinajstić information content (AvgIpc) is 2.20. The van der Waals surface area contributed by atoms with E-state index in [4.69, 9.17) is 22.1 Å². The second-order valence-electron chi connectivity index (χ2n) is 2.92. The number of carboxylic acids is 1. The lowest BCUT2D eigenvalue weighted by Gasteiger charge is -2.29. The lowest BCUT2D eigenvalue weighted by atomic mass is 10.5. The Balaban J connectivity index is 2.71. The Labute approximate surface area is 90.9 Å². The average molecular weight is 235 g/mol. The fraction of sp³-hybridized carbons (Fsp3) is 0.750. The Bertz CT molecular complexity index is 270. The topological polar surface area (TPSA) is 49.8 Å². The lowest BCUT2D eigenvalue weighted by Crippen LogP contribution is -2.35. The predicted octanol–water partition coefficient (Wildman–Crippen LogP) is 0.810. The van der Waals surface area contributed by atoms with Crippen LogP contribution in [-0.4, -0.2) is 51.2 Å². The number of carbonyl (C=O) groups is 1. The molecule has 1 aliphatic rings. The van der Waals surface area contributed by atoms with Crippen LogP contribution in [0.4, 0.5) is 0 Å². The van der Waals surface area contributed by atoms with Gasteiger partial charge >= 0.3 is 5.97 Å².